The number of carbonyl (C=O) groups excluding carboxylic acids is 1. The number of hydrogen-bond acceptors (Lipinski definition) is 3. The fourth-order valence-corrected chi connectivity index (χ4v) is 4.49. The minimum Gasteiger partial charge on any atom is -0.390 e. The number of hydrogen-bond donors (Lipinski definition) is 3. The second-order valence-electron chi connectivity index (χ2n) is 9.06. The Morgan fingerprint density at radius 2 is 1.63 bits per heavy atom. The summed E-state index contributed by atoms with van der Waals surface area (Å²) < 4.78 is 28.6. The predicted octanol–water partition coefficient (Wildman–Crippen LogP) is 5.11. The fraction of sp³-hybridized carbons (Fsp3) is 0.321. The third-order valence-corrected chi connectivity index (χ3v) is 6.44. The number of amides is 1. The zero-order chi connectivity index (χ0) is 25.4. The second kappa shape index (κ2) is 13.1. The van der Waals surface area contributed by atoms with Gasteiger partial charge in [-0.2, -0.15) is 0 Å². The first-order chi connectivity index (χ1) is 16.7. The van der Waals surface area contributed by atoms with Gasteiger partial charge in [-0.15, -0.1) is 0 Å². The van der Waals surface area contributed by atoms with Crippen molar-refractivity contribution in [1.29, 1.82) is 0 Å². The van der Waals surface area contributed by atoms with E-state index in [9.17, 15) is 18.7 Å². The molecule has 1 amide bonds. The lowest BCUT2D eigenvalue weighted by molar-refractivity contribution is -0.122. The van der Waals surface area contributed by atoms with Crippen LogP contribution in [0.25, 0.3) is 0 Å². The fourth-order valence-electron chi connectivity index (χ4n) is 3.88. The van der Waals surface area contributed by atoms with Crippen molar-refractivity contribution in [3.63, 3.8) is 0 Å². The molecule has 0 spiro atoms. The van der Waals surface area contributed by atoms with Gasteiger partial charge in [-0.3, -0.25) is 4.79 Å². The Hall–Kier alpha value is -2.36. The summed E-state index contributed by atoms with van der Waals surface area (Å²) in [5.74, 6) is -1.25. The molecular formula is C28H31F2IN2O2. The van der Waals surface area contributed by atoms with Crippen molar-refractivity contribution in [2.75, 3.05) is 6.54 Å². The highest BCUT2D eigenvalue weighted by molar-refractivity contribution is 14.1. The number of rotatable bonds is 11. The van der Waals surface area contributed by atoms with E-state index in [0.29, 0.717) is 18.0 Å². The third-order valence-electron chi connectivity index (χ3n) is 5.77. The average molecular weight is 592 g/mol. The lowest BCUT2D eigenvalue weighted by Gasteiger charge is -2.25. The number of aliphatic hydroxyl groups excluding tert-OH is 1. The van der Waals surface area contributed by atoms with Crippen LogP contribution in [0.1, 0.15) is 42.0 Å². The highest BCUT2D eigenvalue weighted by Crippen LogP contribution is 2.16. The molecule has 0 saturated carbocycles. The quantitative estimate of drug-likeness (QED) is 0.271. The minimum atomic E-state index is -0.962. The van der Waals surface area contributed by atoms with Gasteiger partial charge >= 0.3 is 0 Å². The Morgan fingerprint density at radius 1 is 0.943 bits per heavy atom. The van der Waals surface area contributed by atoms with Crippen LogP contribution in [0, 0.1) is 15.2 Å². The molecule has 0 aliphatic carbocycles. The van der Waals surface area contributed by atoms with Crippen LogP contribution in [0.3, 0.4) is 0 Å². The molecule has 0 unspecified atom stereocenters. The van der Waals surface area contributed by atoms with E-state index < -0.39 is 23.8 Å². The van der Waals surface area contributed by atoms with Gasteiger partial charge in [0.15, 0.2) is 0 Å². The Kier molecular flexibility index (Phi) is 10.2. The molecule has 0 heterocycles. The Bertz CT molecular complexity index is 1100. The topological polar surface area (TPSA) is 61.4 Å². The molecule has 2 atom stereocenters. The monoisotopic (exact) mass is 592 g/mol. The van der Waals surface area contributed by atoms with Gasteiger partial charge in [0.1, 0.15) is 11.6 Å². The van der Waals surface area contributed by atoms with Gasteiger partial charge in [0.2, 0.25) is 5.91 Å². The van der Waals surface area contributed by atoms with Crippen molar-refractivity contribution < 1.29 is 18.7 Å². The summed E-state index contributed by atoms with van der Waals surface area (Å²) in [5.41, 5.74) is 3.48. The van der Waals surface area contributed by atoms with Gasteiger partial charge in [0.25, 0.3) is 0 Å². The van der Waals surface area contributed by atoms with Crippen LogP contribution in [0.15, 0.2) is 66.7 Å². The molecule has 0 aliphatic heterocycles. The van der Waals surface area contributed by atoms with Crippen LogP contribution in [0.4, 0.5) is 8.78 Å². The summed E-state index contributed by atoms with van der Waals surface area (Å²) in [4.78, 5) is 12.8. The van der Waals surface area contributed by atoms with E-state index in [1.165, 1.54) is 17.7 Å². The summed E-state index contributed by atoms with van der Waals surface area (Å²) in [5, 5.41) is 17.0. The Labute approximate surface area is 219 Å². The molecule has 3 aromatic carbocycles. The summed E-state index contributed by atoms with van der Waals surface area (Å²) >= 11 is 2.24. The van der Waals surface area contributed by atoms with Crippen LogP contribution in [-0.4, -0.2) is 29.7 Å². The highest BCUT2D eigenvalue weighted by Gasteiger charge is 2.22. The maximum absolute atomic E-state index is 13.7. The second-order valence-corrected chi connectivity index (χ2v) is 10.3. The van der Waals surface area contributed by atoms with E-state index >= 15 is 0 Å². The molecule has 3 N–H and O–H groups in total. The number of benzene rings is 3. The van der Waals surface area contributed by atoms with Gasteiger partial charge in [-0.25, -0.2) is 8.78 Å². The molecular weight excluding hydrogens is 561 g/mol. The van der Waals surface area contributed by atoms with E-state index in [0.717, 1.165) is 20.8 Å². The van der Waals surface area contributed by atoms with Crippen molar-refractivity contribution in [3.8, 4) is 0 Å². The standard InChI is InChI=1S/C28H31F2IN2O2/c1-18(2)22-8-6-19(7-9-22)14-28(35)33-26(13-21-10-23(29)15-24(30)11-21)27(34)17-32-16-20-4-3-5-25(31)12-20/h3-12,15,18,26-27,32,34H,13-14,16-17H2,1-2H3,(H,33,35)/t26-,27-/m1/s1. The van der Waals surface area contributed by atoms with E-state index in [4.69, 9.17) is 0 Å². The van der Waals surface area contributed by atoms with Gasteiger partial charge in [0, 0.05) is 22.7 Å². The van der Waals surface area contributed by atoms with Crippen molar-refractivity contribution in [2.45, 2.75) is 51.3 Å². The first-order valence-electron chi connectivity index (χ1n) is 11.7. The first kappa shape index (κ1) is 27.2. The summed E-state index contributed by atoms with van der Waals surface area (Å²) in [6.07, 6.45) is -0.718. The molecule has 0 bridgehead atoms. The van der Waals surface area contributed by atoms with Crippen LogP contribution < -0.4 is 10.6 Å². The normalized spacial score (nSPS) is 13.0. The number of aliphatic hydroxyl groups is 1. The van der Waals surface area contributed by atoms with Crippen LogP contribution in [0.2, 0.25) is 0 Å². The Balaban J connectivity index is 1.66. The SMILES string of the molecule is CC(C)c1ccc(CC(=O)N[C@H](Cc2cc(F)cc(F)c2)[C@H](O)CNCc2cccc(I)c2)cc1. The minimum absolute atomic E-state index is 0.0960. The van der Waals surface area contributed by atoms with E-state index in [2.05, 4.69) is 47.1 Å². The molecule has 0 fully saturated rings. The number of carbonyl (C=O) groups is 1. The van der Waals surface area contributed by atoms with Crippen LogP contribution >= 0.6 is 22.6 Å². The third kappa shape index (κ3) is 8.98. The van der Waals surface area contributed by atoms with Gasteiger partial charge in [-0.1, -0.05) is 50.2 Å². The number of halogens is 3. The largest absolute Gasteiger partial charge is 0.390 e. The first-order valence-corrected chi connectivity index (χ1v) is 12.7. The van der Waals surface area contributed by atoms with Crippen molar-refractivity contribution in [3.05, 3.63) is 104 Å². The van der Waals surface area contributed by atoms with Crippen LogP contribution in [-0.2, 0) is 24.2 Å². The molecule has 7 heteroatoms. The van der Waals surface area contributed by atoms with Gasteiger partial charge < -0.3 is 15.7 Å². The molecule has 186 valence electrons. The maximum atomic E-state index is 13.7. The molecule has 3 rings (SSSR count). The molecule has 0 radical (unpaired) electrons. The maximum Gasteiger partial charge on any atom is 0.224 e. The zero-order valence-electron chi connectivity index (χ0n) is 19.9. The van der Waals surface area contributed by atoms with Crippen molar-refractivity contribution >= 4 is 28.5 Å². The molecule has 35 heavy (non-hydrogen) atoms. The predicted molar refractivity (Wildman–Crippen MR) is 143 cm³/mol. The summed E-state index contributed by atoms with van der Waals surface area (Å²) in [6.45, 7) is 4.97. The summed E-state index contributed by atoms with van der Waals surface area (Å²) in [7, 11) is 0. The highest BCUT2D eigenvalue weighted by atomic mass is 127. The van der Waals surface area contributed by atoms with E-state index in [1.807, 2.05) is 48.5 Å². The van der Waals surface area contributed by atoms with Gasteiger partial charge in [0.05, 0.1) is 18.6 Å². The number of nitrogens with one attached hydrogen (secondary N) is 2. The molecule has 0 aromatic heterocycles. The molecule has 3 aromatic rings. The van der Waals surface area contributed by atoms with E-state index in [1.54, 1.807) is 0 Å². The smallest absolute Gasteiger partial charge is 0.224 e. The van der Waals surface area contributed by atoms with E-state index in [-0.39, 0.29) is 25.3 Å². The van der Waals surface area contributed by atoms with Crippen molar-refractivity contribution in [1.82, 2.24) is 10.6 Å². The average Bonchev–Trinajstić information content (AvgIpc) is 2.78. The zero-order valence-corrected chi connectivity index (χ0v) is 22.1. The van der Waals surface area contributed by atoms with Gasteiger partial charge in [-0.05, 0) is 81.4 Å². The van der Waals surface area contributed by atoms with Crippen LogP contribution in [0.5, 0.6) is 0 Å². The van der Waals surface area contributed by atoms with Crippen molar-refractivity contribution in [2.24, 2.45) is 0 Å². The lowest BCUT2D eigenvalue weighted by atomic mass is 9.99. The molecule has 0 saturated heterocycles. The molecule has 4 nitrogen and oxygen atoms in total. The summed E-state index contributed by atoms with van der Waals surface area (Å²) in [6, 6.07) is 18.4. The lowest BCUT2D eigenvalue weighted by Crippen LogP contribution is -2.49. The Morgan fingerprint density at radius 3 is 2.26 bits per heavy atom. The molecule has 0 aliphatic rings.